The summed E-state index contributed by atoms with van der Waals surface area (Å²) in [6, 6.07) is 8.26. The van der Waals surface area contributed by atoms with Crippen LogP contribution < -0.4 is 15.4 Å². The molecule has 0 spiro atoms. The number of nitrogens with one attached hydrogen (secondary N) is 2. The zero-order valence-corrected chi connectivity index (χ0v) is 19.7. The van der Waals surface area contributed by atoms with E-state index in [1.54, 1.807) is 0 Å². The number of halogens is 4. The van der Waals surface area contributed by atoms with Crippen LogP contribution in [0.3, 0.4) is 0 Å². The second-order valence-corrected chi connectivity index (χ2v) is 9.32. The minimum Gasteiger partial charge on any atom is -0.484 e. The van der Waals surface area contributed by atoms with Crippen molar-refractivity contribution in [2.75, 3.05) is 6.61 Å². The largest absolute Gasteiger partial charge is 0.484 e. The molecule has 3 aliphatic rings. The van der Waals surface area contributed by atoms with Crippen molar-refractivity contribution in [1.82, 2.24) is 15.8 Å². The Morgan fingerprint density at radius 1 is 1.14 bits per heavy atom. The molecule has 3 aromatic rings. The molecule has 0 radical (unpaired) electrons. The molecule has 1 saturated carbocycles. The van der Waals surface area contributed by atoms with Crippen molar-refractivity contribution in [2.45, 2.75) is 30.9 Å². The molecule has 2 aromatic carbocycles. The average molecular weight is 534 g/mol. The van der Waals surface area contributed by atoms with Crippen molar-refractivity contribution in [3.05, 3.63) is 82.0 Å². The number of hydrogen-bond acceptors (Lipinski definition) is 6. The molecular weight excluding hydrogens is 515 g/mol. The van der Waals surface area contributed by atoms with Gasteiger partial charge in [0.1, 0.15) is 28.9 Å². The van der Waals surface area contributed by atoms with E-state index in [0.717, 1.165) is 29.8 Å². The Bertz CT molecular complexity index is 1410. The molecule has 37 heavy (non-hydrogen) atoms. The first-order chi connectivity index (χ1) is 17.6. The van der Waals surface area contributed by atoms with Gasteiger partial charge in [0, 0.05) is 24.3 Å². The maximum atomic E-state index is 14.0. The number of carbonyl (C=O) groups is 2. The third kappa shape index (κ3) is 4.92. The Hall–Kier alpha value is -3.83. The summed E-state index contributed by atoms with van der Waals surface area (Å²) in [6.07, 6.45) is -0.202. The van der Waals surface area contributed by atoms with E-state index in [0.29, 0.717) is 18.5 Å². The predicted molar refractivity (Wildman–Crippen MR) is 124 cm³/mol. The van der Waals surface area contributed by atoms with E-state index in [1.165, 1.54) is 18.2 Å². The molecule has 6 rings (SSSR count). The molecule has 1 fully saturated rings. The van der Waals surface area contributed by atoms with Gasteiger partial charge in [-0.3, -0.25) is 9.59 Å². The average Bonchev–Trinajstić information content (AvgIpc) is 3.30. The maximum Gasteiger partial charge on any atom is 0.290 e. The number of fused-ring (bicyclic) bond motifs is 2. The number of rotatable bonds is 7. The third-order valence-electron chi connectivity index (χ3n) is 6.27. The van der Waals surface area contributed by atoms with Gasteiger partial charge in [-0.1, -0.05) is 22.8 Å². The predicted octanol–water partition coefficient (Wildman–Crippen LogP) is 3.89. The Labute approximate surface area is 213 Å². The highest BCUT2D eigenvalue weighted by molar-refractivity contribution is 6.30. The lowest BCUT2D eigenvalue weighted by molar-refractivity contribution is -0.123. The molecule has 1 unspecified atom stereocenters. The van der Waals surface area contributed by atoms with Crippen LogP contribution >= 0.6 is 11.6 Å². The summed E-state index contributed by atoms with van der Waals surface area (Å²) >= 11 is 5.62. The summed E-state index contributed by atoms with van der Waals surface area (Å²) < 4.78 is 51.8. The van der Waals surface area contributed by atoms with Crippen LogP contribution in [0.15, 0.2) is 58.3 Å². The first-order valence-electron chi connectivity index (χ1n) is 11.2. The molecule has 192 valence electrons. The number of benzene rings is 2. The molecule has 1 aromatic heterocycles. The normalized spacial score (nSPS) is 20.3. The number of aliphatic hydroxyl groups excluding tert-OH is 1. The van der Waals surface area contributed by atoms with Gasteiger partial charge in [0.05, 0.1) is 22.2 Å². The summed E-state index contributed by atoms with van der Waals surface area (Å²) in [5, 5.41) is 19.5. The maximum absolute atomic E-state index is 14.0. The monoisotopic (exact) mass is 533 g/mol. The van der Waals surface area contributed by atoms with Crippen LogP contribution in [-0.4, -0.2) is 40.3 Å². The summed E-state index contributed by atoms with van der Waals surface area (Å²) in [4.78, 5) is 25.0. The van der Waals surface area contributed by atoms with Crippen molar-refractivity contribution in [1.29, 1.82) is 0 Å². The number of aliphatic hydroxyl groups is 1. The van der Waals surface area contributed by atoms with Gasteiger partial charge in [0.2, 0.25) is 5.76 Å². The van der Waals surface area contributed by atoms with Crippen molar-refractivity contribution in [3.8, 4) is 17.0 Å². The Morgan fingerprint density at radius 2 is 1.86 bits per heavy atom. The summed E-state index contributed by atoms with van der Waals surface area (Å²) in [6.45, 7) is -0.414. The first-order valence-corrected chi connectivity index (χ1v) is 11.5. The lowest BCUT2D eigenvalue weighted by Gasteiger charge is -2.51. The highest BCUT2D eigenvalue weighted by atomic mass is 35.5. The van der Waals surface area contributed by atoms with Crippen molar-refractivity contribution >= 4 is 23.4 Å². The number of amides is 2. The minimum atomic E-state index is -1.06. The van der Waals surface area contributed by atoms with E-state index in [4.69, 9.17) is 20.9 Å². The summed E-state index contributed by atoms with van der Waals surface area (Å²) in [5.41, 5.74) is -0.255. The van der Waals surface area contributed by atoms with E-state index in [2.05, 4.69) is 15.8 Å². The van der Waals surface area contributed by atoms with Crippen LogP contribution in [-0.2, 0) is 4.79 Å². The zero-order valence-electron chi connectivity index (χ0n) is 19.0. The number of hydrogen-bond donors (Lipinski definition) is 3. The van der Waals surface area contributed by atoms with E-state index in [9.17, 15) is 27.9 Å². The second-order valence-electron chi connectivity index (χ2n) is 8.91. The molecule has 0 aliphatic heterocycles. The Balaban J connectivity index is 1.19. The van der Waals surface area contributed by atoms with Crippen LogP contribution in [0.5, 0.6) is 5.75 Å². The summed E-state index contributed by atoms with van der Waals surface area (Å²) in [7, 11) is 0. The standard InChI is InChI=1S/C25H19ClF3N3O5/c26-14-5-4-13(6-17(14)29)36-11-21(34)30-23-12-8-25(9-12,10-19(23)33)31-24(35)20-7-18(32-37-20)22-15(27)2-1-3-16(22)28/h1-7,19,33H,8-11H2,(H,30,34)(H,31,35). The fourth-order valence-corrected chi connectivity index (χ4v) is 4.68. The number of ether oxygens (including phenoxy) is 1. The SMILES string of the molecule is O=C(COc1ccc(Cl)c(F)c1)NC1=C2CC(NC(=O)c3cc(-c4c(F)cccc4F)no3)(C2)CC1O. The first kappa shape index (κ1) is 24.8. The van der Waals surface area contributed by atoms with E-state index < -0.39 is 53.1 Å². The highest BCUT2D eigenvalue weighted by Crippen LogP contribution is 2.48. The van der Waals surface area contributed by atoms with Gasteiger partial charge in [0.15, 0.2) is 6.61 Å². The van der Waals surface area contributed by atoms with Crippen LogP contribution in [0.2, 0.25) is 5.02 Å². The van der Waals surface area contributed by atoms with Gasteiger partial charge >= 0.3 is 0 Å². The van der Waals surface area contributed by atoms with Crippen molar-refractivity contribution in [3.63, 3.8) is 0 Å². The number of carbonyl (C=O) groups excluding carboxylic acids is 2. The Morgan fingerprint density at radius 3 is 2.54 bits per heavy atom. The lowest BCUT2D eigenvalue weighted by Crippen LogP contribution is -2.61. The van der Waals surface area contributed by atoms with Gasteiger partial charge in [0.25, 0.3) is 11.8 Å². The molecule has 12 heteroatoms. The molecule has 2 bridgehead atoms. The minimum absolute atomic E-state index is 0.0719. The molecule has 3 N–H and O–H groups in total. The number of nitrogens with zero attached hydrogens (tertiary/aromatic N) is 1. The van der Waals surface area contributed by atoms with Crippen molar-refractivity contribution in [2.24, 2.45) is 0 Å². The molecule has 3 aliphatic carbocycles. The van der Waals surface area contributed by atoms with E-state index in [1.807, 2.05) is 0 Å². The van der Waals surface area contributed by atoms with Crippen molar-refractivity contribution < 1.29 is 37.1 Å². The molecule has 1 atom stereocenters. The quantitative estimate of drug-likeness (QED) is 0.425. The fraction of sp³-hybridized carbons (Fsp3) is 0.240. The molecule has 0 saturated heterocycles. The topological polar surface area (TPSA) is 114 Å². The fourth-order valence-electron chi connectivity index (χ4n) is 4.57. The van der Waals surface area contributed by atoms with Crippen LogP contribution in [0, 0.1) is 17.5 Å². The van der Waals surface area contributed by atoms with Gasteiger partial charge in [-0.2, -0.15) is 0 Å². The third-order valence-corrected chi connectivity index (χ3v) is 6.57. The summed E-state index contributed by atoms with van der Waals surface area (Å²) in [5.74, 6) is -3.69. The molecule has 1 heterocycles. The van der Waals surface area contributed by atoms with Gasteiger partial charge in [-0.15, -0.1) is 0 Å². The lowest BCUT2D eigenvalue weighted by atomic mass is 9.63. The van der Waals surface area contributed by atoms with Crippen LogP contribution in [0.1, 0.15) is 29.8 Å². The van der Waals surface area contributed by atoms with Gasteiger partial charge < -0.3 is 25.0 Å². The molecular formula is C25H19ClF3N3O5. The highest BCUT2D eigenvalue weighted by Gasteiger charge is 2.50. The zero-order chi connectivity index (χ0) is 26.3. The van der Waals surface area contributed by atoms with E-state index in [-0.39, 0.29) is 28.6 Å². The smallest absolute Gasteiger partial charge is 0.290 e. The van der Waals surface area contributed by atoms with E-state index >= 15 is 0 Å². The Kier molecular flexibility index (Phi) is 6.42. The second kappa shape index (κ2) is 9.56. The molecule has 2 amide bonds. The van der Waals surface area contributed by atoms with Crippen LogP contribution in [0.25, 0.3) is 11.3 Å². The van der Waals surface area contributed by atoms with Gasteiger partial charge in [-0.25, -0.2) is 13.2 Å². The molecule has 8 nitrogen and oxygen atoms in total. The number of aromatic nitrogens is 1. The van der Waals surface area contributed by atoms with Crippen LogP contribution in [0.4, 0.5) is 13.2 Å². The van der Waals surface area contributed by atoms with Gasteiger partial charge in [-0.05, 0) is 42.7 Å².